The molecule has 0 radical (unpaired) electrons. The quantitative estimate of drug-likeness (QED) is 0.716. The Kier molecular flexibility index (Phi) is 6.92. The van der Waals surface area contributed by atoms with Crippen LogP contribution in [0.25, 0.3) is 0 Å². The number of nitrogens with zero attached hydrogens (tertiary/aromatic N) is 1. The fourth-order valence-electron chi connectivity index (χ4n) is 1.46. The lowest BCUT2D eigenvalue weighted by Crippen LogP contribution is -2.38. The Labute approximate surface area is 89.8 Å². The van der Waals surface area contributed by atoms with E-state index < -0.39 is 12.6 Å². The van der Waals surface area contributed by atoms with Gasteiger partial charge in [-0.25, -0.2) is 0 Å². The van der Waals surface area contributed by atoms with Gasteiger partial charge < -0.3 is 10.2 Å². The summed E-state index contributed by atoms with van der Waals surface area (Å²) in [4.78, 5) is 1.73. The summed E-state index contributed by atoms with van der Waals surface area (Å²) in [6.45, 7) is 2.81. The van der Waals surface area contributed by atoms with E-state index in [4.69, 9.17) is 0 Å². The molecular weight excluding hydrogens is 205 g/mol. The Morgan fingerprint density at radius 1 is 1.33 bits per heavy atom. The van der Waals surface area contributed by atoms with Gasteiger partial charge in [0.05, 0.1) is 6.42 Å². The molecule has 0 spiro atoms. The van der Waals surface area contributed by atoms with Crippen molar-refractivity contribution in [2.24, 2.45) is 0 Å². The molecule has 0 aliphatic heterocycles. The molecule has 2 nitrogen and oxygen atoms in total. The lowest BCUT2D eigenvalue weighted by molar-refractivity contribution is -0.137. The molecule has 0 aromatic rings. The first-order valence-electron chi connectivity index (χ1n) is 5.31. The maximum absolute atomic E-state index is 11.9. The molecule has 0 saturated heterocycles. The largest absolute Gasteiger partial charge is 0.390 e. The van der Waals surface area contributed by atoms with E-state index in [9.17, 15) is 13.2 Å². The standard InChI is InChI=1S/C10H21F3N2/c1-4-5-9(14-2)8-15(3)7-6-10(11,12)13/h9,14H,4-8H2,1-3H3. The summed E-state index contributed by atoms with van der Waals surface area (Å²) in [5.74, 6) is 0. The summed E-state index contributed by atoms with van der Waals surface area (Å²) >= 11 is 0. The summed E-state index contributed by atoms with van der Waals surface area (Å²) in [6.07, 6.45) is -2.74. The van der Waals surface area contributed by atoms with Gasteiger partial charge in [0.15, 0.2) is 0 Å². The Morgan fingerprint density at radius 2 is 1.93 bits per heavy atom. The molecule has 1 unspecified atom stereocenters. The summed E-state index contributed by atoms with van der Waals surface area (Å²) in [7, 11) is 3.57. The Hall–Kier alpha value is -0.290. The molecule has 0 heterocycles. The number of hydrogen-bond acceptors (Lipinski definition) is 2. The number of halogens is 3. The van der Waals surface area contributed by atoms with E-state index in [1.807, 2.05) is 7.05 Å². The van der Waals surface area contributed by atoms with E-state index >= 15 is 0 Å². The van der Waals surface area contributed by atoms with Crippen LogP contribution in [0.3, 0.4) is 0 Å². The first-order chi connectivity index (χ1) is 6.89. The second-order valence-corrected chi connectivity index (χ2v) is 3.90. The smallest absolute Gasteiger partial charge is 0.316 e. The van der Waals surface area contributed by atoms with Crippen LogP contribution >= 0.6 is 0 Å². The van der Waals surface area contributed by atoms with Gasteiger partial charge in [-0.15, -0.1) is 0 Å². The van der Waals surface area contributed by atoms with Crippen LogP contribution in [0.4, 0.5) is 13.2 Å². The van der Waals surface area contributed by atoms with Gasteiger partial charge in [-0.2, -0.15) is 13.2 Å². The van der Waals surface area contributed by atoms with Crippen LogP contribution in [0.1, 0.15) is 26.2 Å². The van der Waals surface area contributed by atoms with Crippen molar-refractivity contribution in [3.8, 4) is 0 Å². The summed E-state index contributed by atoms with van der Waals surface area (Å²) < 4.78 is 35.8. The molecule has 15 heavy (non-hydrogen) atoms. The van der Waals surface area contributed by atoms with Crippen molar-refractivity contribution in [2.75, 3.05) is 27.2 Å². The minimum Gasteiger partial charge on any atom is -0.316 e. The molecule has 0 aromatic carbocycles. The van der Waals surface area contributed by atoms with Gasteiger partial charge in [0.25, 0.3) is 0 Å². The van der Waals surface area contributed by atoms with Crippen molar-refractivity contribution < 1.29 is 13.2 Å². The Morgan fingerprint density at radius 3 is 2.33 bits per heavy atom. The first kappa shape index (κ1) is 14.7. The highest BCUT2D eigenvalue weighted by Crippen LogP contribution is 2.19. The van der Waals surface area contributed by atoms with Crippen LogP contribution in [-0.2, 0) is 0 Å². The van der Waals surface area contributed by atoms with Gasteiger partial charge in [0.1, 0.15) is 0 Å². The van der Waals surface area contributed by atoms with Crippen molar-refractivity contribution in [1.29, 1.82) is 0 Å². The molecule has 0 bridgehead atoms. The summed E-state index contributed by atoms with van der Waals surface area (Å²) in [6, 6.07) is 0.285. The van der Waals surface area contributed by atoms with Gasteiger partial charge in [0, 0.05) is 19.1 Å². The molecular formula is C10H21F3N2. The van der Waals surface area contributed by atoms with Crippen LogP contribution in [0, 0.1) is 0 Å². The van der Waals surface area contributed by atoms with Crippen molar-refractivity contribution in [1.82, 2.24) is 10.2 Å². The predicted molar refractivity (Wildman–Crippen MR) is 55.9 cm³/mol. The molecule has 1 atom stereocenters. The molecule has 0 amide bonds. The summed E-state index contributed by atoms with van der Waals surface area (Å²) in [5.41, 5.74) is 0. The van der Waals surface area contributed by atoms with Crippen LogP contribution in [-0.4, -0.2) is 44.3 Å². The third-order valence-electron chi connectivity index (χ3n) is 2.35. The third kappa shape index (κ3) is 8.69. The third-order valence-corrected chi connectivity index (χ3v) is 2.35. The zero-order valence-corrected chi connectivity index (χ0v) is 9.69. The molecule has 0 saturated carbocycles. The van der Waals surface area contributed by atoms with Gasteiger partial charge in [0.2, 0.25) is 0 Å². The topological polar surface area (TPSA) is 15.3 Å². The van der Waals surface area contributed by atoms with Crippen molar-refractivity contribution >= 4 is 0 Å². The lowest BCUT2D eigenvalue weighted by Gasteiger charge is -2.23. The number of nitrogens with one attached hydrogen (secondary N) is 1. The second kappa shape index (κ2) is 7.06. The first-order valence-corrected chi connectivity index (χ1v) is 5.31. The van der Waals surface area contributed by atoms with Gasteiger partial charge >= 0.3 is 6.18 Å². The van der Waals surface area contributed by atoms with Crippen LogP contribution in [0.15, 0.2) is 0 Å². The molecule has 0 rings (SSSR count). The number of rotatable bonds is 7. The second-order valence-electron chi connectivity index (χ2n) is 3.90. The molecule has 0 aliphatic rings. The van der Waals surface area contributed by atoms with Crippen LogP contribution < -0.4 is 5.32 Å². The van der Waals surface area contributed by atoms with Gasteiger partial charge in [-0.05, 0) is 20.5 Å². The van der Waals surface area contributed by atoms with Gasteiger partial charge in [-0.3, -0.25) is 0 Å². The van der Waals surface area contributed by atoms with Gasteiger partial charge in [-0.1, -0.05) is 13.3 Å². The van der Waals surface area contributed by atoms with E-state index in [1.165, 1.54) is 0 Å². The molecule has 0 fully saturated rings. The average Bonchev–Trinajstić information content (AvgIpc) is 2.13. The molecule has 5 heteroatoms. The highest BCUT2D eigenvalue weighted by molar-refractivity contribution is 4.68. The normalized spacial score (nSPS) is 14.6. The van der Waals surface area contributed by atoms with Crippen molar-refractivity contribution in [3.63, 3.8) is 0 Å². The minimum absolute atomic E-state index is 0.0748. The predicted octanol–water partition coefficient (Wildman–Crippen LogP) is 2.26. The van der Waals surface area contributed by atoms with Crippen LogP contribution in [0.2, 0.25) is 0 Å². The fourth-order valence-corrected chi connectivity index (χ4v) is 1.46. The van der Waals surface area contributed by atoms with Crippen molar-refractivity contribution in [2.45, 2.75) is 38.4 Å². The van der Waals surface area contributed by atoms with Crippen molar-refractivity contribution in [3.05, 3.63) is 0 Å². The number of likely N-dealkylation sites (N-methyl/N-ethyl adjacent to an activating group) is 2. The number of alkyl halides is 3. The number of hydrogen-bond donors (Lipinski definition) is 1. The monoisotopic (exact) mass is 226 g/mol. The Bertz CT molecular complexity index is 159. The highest BCUT2D eigenvalue weighted by atomic mass is 19.4. The lowest BCUT2D eigenvalue weighted by atomic mass is 10.1. The molecule has 1 N–H and O–H groups in total. The van der Waals surface area contributed by atoms with E-state index in [0.29, 0.717) is 6.54 Å². The minimum atomic E-state index is -4.05. The highest BCUT2D eigenvalue weighted by Gasteiger charge is 2.27. The average molecular weight is 226 g/mol. The molecule has 0 aromatic heterocycles. The summed E-state index contributed by atoms with van der Waals surface area (Å²) in [5, 5.41) is 3.11. The van der Waals surface area contributed by atoms with E-state index in [0.717, 1.165) is 12.8 Å². The maximum Gasteiger partial charge on any atom is 0.390 e. The molecule has 92 valence electrons. The fraction of sp³-hybridized carbons (Fsp3) is 1.00. The SMILES string of the molecule is CCCC(CN(C)CCC(F)(F)F)NC. The van der Waals surface area contributed by atoms with E-state index in [-0.39, 0.29) is 12.6 Å². The maximum atomic E-state index is 11.9. The zero-order chi connectivity index (χ0) is 11.9. The van der Waals surface area contributed by atoms with Crippen LogP contribution in [0.5, 0.6) is 0 Å². The molecule has 0 aliphatic carbocycles. The van der Waals surface area contributed by atoms with E-state index in [1.54, 1.807) is 11.9 Å². The Balaban J connectivity index is 3.75. The van der Waals surface area contributed by atoms with E-state index in [2.05, 4.69) is 12.2 Å². The zero-order valence-electron chi connectivity index (χ0n) is 9.69.